The van der Waals surface area contributed by atoms with Crippen LogP contribution in [-0.4, -0.2) is 11.2 Å². The molecule has 27 heavy (non-hydrogen) atoms. The van der Waals surface area contributed by atoms with E-state index >= 15 is 0 Å². The Labute approximate surface area is 156 Å². The van der Waals surface area contributed by atoms with E-state index in [2.05, 4.69) is 4.57 Å². The van der Waals surface area contributed by atoms with Crippen molar-refractivity contribution in [2.75, 3.05) is 6.61 Å². The first-order chi connectivity index (χ1) is 13.2. The topological polar surface area (TPSA) is 14.2 Å². The second-order valence-electron chi connectivity index (χ2n) is 6.52. The van der Waals surface area contributed by atoms with E-state index in [9.17, 15) is 8.78 Å². The Balaban J connectivity index is 1.42. The summed E-state index contributed by atoms with van der Waals surface area (Å²) in [6.07, 6.45) is 2.75. The summed E-state index contributed by atoms with van der Waals surface area (Å²) in [6.45, 7) is 1.22. The van der Waals surface area contributed by atoms with Crippen LogP contribution in [0.1, 0.15) is 11.1 Å². The first-order valence-corrected chi connectivity index (χ1v) is 8.88. The molecule has 0 saturated heterocycles. The van der Waals surface area contributed by atoms with Gasteiger partial charge in [0, 0.05) is 30.1 Å². The summed E-state index contributed by atoms with van der Waals surface area (Å²) < 4.78 is 34.0. The lowest BCUT2D eigenvalue weighted by Gasteiger charge is -2.09. The van der Waals surface area contributed by atoms with Crippen LogP contribution in [0.4, 0.5) is 8.78 Å². The second-order valence-corrected chi connectivity index (χ2v) is 6.52. The molecule has 1 aromatic heterocycles. The summed E-state index contributed by atoms with van der Waals surface area (Å²) in [4.78, 5) is 0. The molecule has 0 spiro atoms. The van der Waals surface area contributed by atoms with Gasteiger partial charge in [-0.25, -0.2) is 8.78 Å². The first kappa shape index (κ1) is 17.3. The Morgan fingerprint density at radius 3 is 2.11 bits per heavy atom. The third-order valence-corrected chi connectivity index (χ3v) is 4.58. The molecule has 0 fully saturated rings. The fraction of sp³-hybridized carbons (Fsp3) is 0.130. The molecule has 0 bridgehead atoms. The van der Waals surface area contributed by atoms with Crippen LogP contribution in [0, 0.1) is 11.6 Å². The molecule has 4 aromatic rings. The van der Waals surface area contributed by atoms with Gasteiger partial charge in [-0.05, 0) is 59.7 Å². The number of ether oxygens (including phenoxy) is 1. The number of benzene rings is 3. The number of nitrogens with zero attached hydrogens (tertiary/aromatic N) is 1. The fourth-order valence-corrected chi connectivity index (χ4v) is 3.13. The third-order valence-electron chi connectivity index (χ3n) is 4.58. The highest BCUT2D eigenvalue weighted by Gasteiger charge is 2.05. The highest BCUT2D eigenvalue weighted by Crippen LogP contribution is 2.23. The monoisotopic (exact) mass is 363 g/mol. The zero-order chi connectivity index (χ0) is 18.6. The van der Waals surface area contributed by atoms with Crippen LogP contribution in [0.5, 0.6) is 5.75 Å². The summed E-state index contributed by atoms with van der Waals surface area (Å²) in [5.41, 5.74) is 3.20. The number of halogens is 2. The maximum absolute atomic E-state index is 13.1. The Kier molecular flexibility index (Phi) is 4.88. The second kappa shape index (κ2) is 7.62. The van der Waals surface area contributed by atoms with Gasteiger partial charge in [0.1, 0.15) is 17.4 Å². The highest BCUT2D eigenvalue weighted by molar-refractivity contribution is 5.81. The van der Waals surface area contributed by atoms with E-state index in [-0.39, 0.29) is 11.6 Å². The molecule has 0 aliphatic carbocycles. The average Bonchev–Trinajstić information content (AvgIpc) is 3.07. The predicted molar refractivity (Wildman–Crippen MR) is 103 cm³/mol. The fourth-order valence-electron chi connectivity index (χ4n) is 3.13. The van der Waals surface area contributed by atoms with E-state index in [0.29, 0.717) is 13.2 Å². The number of hydrogen-bond donors (Lipinski definition) is 0. The van der Waals surface area contributed by atoms with Crippen molar-refractivity contribution < 1.29 is 13.5 Å². The van der Waals surface area contributed by atoms with Gasteiger partial charge in [0.15, 0.2) is 0 Å². The van der Waals surface area contributed by atoms with E-state index in [0.717, 1.165) is 34.2 Å². The molecule has 136 valence electrons. The average molecular weight is 363 g/mol. The van der Waals surface area contributed by atoms with Gasteiger partial charge in [0.05, 0.1) is 6.61 Å². The first-order valence-electron chi connectivity index (χ1n) is 8.88. The number of hydrogen-bond acceptors (Lipinski definition) is 1. The van der Waals surface area contributed by atoms with Crippen LogP contribution < -0.4 is 4.74 Å². The lowest BCUT2D eigenvalue weighted by atomic mass is 10.1. The highest BCUT2D eigenvalue weighted by atomic mass is 19.1. The molecule has 4 rings (SSSR count). The minimum absolute atomic E-state index is 0.224. The quantitative estimate of drug-likeness (QED) is 0.436. The van der Waals surface area contributed by atoms with Gasteiger partial charge in [0.25, 0.3) is 0 Å². The van der Waals surface area contributed by atoms with Crippen LogP contribution in [0.2, 0.25) is 0 Å². The van der Waals surface area contributed by atoms with Crippen molar-refractivity contribution in [1.82, 2.24) is 4.57 Å². The van der Waals surface area contributed by atoms with Crippen LogP contribution in [0.15, 0.2) is 79.0 Å². The normalized spacial score (nSPS) is 11.0. The van der Waals surface area contributed by atoms with Gasteiger partial charge < -0.3 is 9.30 Å². The van der Waals surface area contributed by atoms with Crippen molar-refractivity contribution in [3.05, 3.63) is 102 Å². The SMILES string of the molecule is Fc1ccc(CCOc2ccc3c(ccn3Cc3ccc(F)cc3)c2)cc1. The van der Waals surface area contributed by atoms with Gasteiger partial charge in [-0.15, -0.1) is 0 Å². The standard InChI is InChI=1S/C23H19F2NO/c24-20-5-1-17(2-6-20)12-14-27-22-9-10-23-19(15-22)11-13-26(23)16-18-3-7-21(25)8-4-18/h1-11,13,15H,12,14,16H2. The molecule has 0 amide bonds. The number of fused-ring (bicyclic) bond motifs is 1. The molecule has 0 aliphatic heterocycles. The molecule has 0 unspecified atom stereocenters. The van der Waals surface area contributed by atoms with Gasteiger partial charge >= 0.3 is 0 Å². The van der Waals surface area contributed by atoms with Gasteiger partial charge in [0.2, 0.25) is 0 Å². The van der Waals surface area contributed by atoms with Crippen molar-refractivity contribution in [2.24, 2.45) is 0 Å². The summed E-state index contributed by atoms with van der Waals surface area (Å²) in [5.74, 6) is 0.359. The maximum atomic E-state index is 13.1. The van der Waals surface area contributed by atoms with E-state index < -0.39 is 0 Å². The summed E-state index contributed by atoms with van der Waals surface area (Å²) in [6, 6.07) is 21.1. The Morgan fingerprint density at radius 1 is 0.741 bits per heavy atom. The Bertz CT molecular complexity index is 1040. The summed E-state index contributed by atoms with van der Waals surface area (Å²) >= 11 is 0. The van der Waals surface area contributed by atoms with Gasteiger partial charge in [-0.1, -0.05) is 24.3 Å². The molecule has 1 heterocycles. The van der Waals surface area contributed by atoms with Crippen molar-refractivity contribution >= 4 is 10.9 Å². The molecule has 0 aliphatic rings. The van der Waals surface area contributed by atoms with Crippen LogP contribution >= 0.6 is 0 Å². The minimum Gasteiger partial charge on any atom is -0.493 e. The molecule has 2 nitrogen and oxygen atoms in total. The van der Waals surface area contributed by atoms with E-state index in [4.69, 9.17) is 4.74 Å². The van der Waals surface area contributed by atoms with Crippen LogP contribution in [0.3, 0.4) is 0 Å². The third kappa shape index (κ3) is 4.17. The van der Waals surface area contributed by atoms with Crippen molar-refractivity contribution in [1.29, 1.82) is 0 Å². The van der Waals surface area contributed by atoms with E-state index in [1.54, 1.807) is 24.3 Å². The minimum atomic E-state index is -0.227. The molecular formula is C23H19F2NO. The van der Waals surface area contributed by atoms with E-state index in [1.807, 2.05) is 30.5 Å². The summed E-state index contributed by atoms with van der Waals surface area (Å²) in [5, 5.41) is 1.09. The van der Waals surface area contributed by atoms with Gasteiger partial charge in [-0.2, -0.15) is 0 Å². The lowest BCUT2D eigenvalue weighted by Crippen LogP contribution is -2.01. The Morgan fingerprint density at radius 2 is 1.41 bits per heavy atom. The maximum Gasteiger partial charge on any atom is 0.123 e. The summed E-state index contributed by atoms with van der Waals surface area (Å²) in [7, 11) is 0. The molecule has 0 N–H and O–H groups in total. The Hall–Kier alpha value is -3.14. The van der Waals surface area contributed by atoms with Crippen molar-refractivity contribution in [2.45, 2.75) is 13.0 Å². The van der Waals surface area contributed by atoms with Gasteiger partial charge in [-0.3, -0.25) is 0 Å². The van der Waals surface area contributed by atoms with Crippen molar-refractivity contribution in [3.63, 3.8) is 0 Å². The lowest BCUT2D eigenvalue weighted by molar-refractivity contribution is 0.322. The zero-order valence-electron chi connectivity index (χ0n) is 14.7. The molecule has 3 aromatic carbocycles. The largest absolute Gasteiger partial charge is 0.493 e. The predicted octanol–water partition coefficient (Wildman–Crippen LogP) is 5.59. The molecule has 0 saturated carbocycles. The van der Waals surface area contributed by atoms with Crippen molar-refractivity contribution in [3.8, 4) is 5.75 Å². The van der Waals surface area contributed by atoms with E-state index in [1.165, 1.54) is 24.3 Å². The molecule has 0 atom stereocenters. The van der Waals surface area contributed by atoms with Crippen LogP contribution in [-0.2, 0) is 13.0 Å². The molecule has 0 radical (unpaired) electrons. The van der Waals surface area contributed by atoms with Crippen LogP contribution in [0.25, 0.3) is 10.9 Å². The zero-order valence-corrected chi connectivity index (χ0v) is 14.7. The smallest absolute Gasteiger partial charge is 0.123 e. The number of rotatable bonds is 6. The molecular weight excluding hydrogens is 344 g/mol. The molecule has 4 heteroatoms. The number of aromatic nitrogens is 1.